The first-order valence-electron chi connectivity index (χ1n) is 10.1. The van der Waals surface area contributed by atoms with Crippen molar-refractivity contribution in [2.75, 3.05) is 18.8 Å². The number of benzene rings is 2. The summed E-state index contributed by atoms with van der Waals surface area (Å²) in [6, 6.07) is 11.1. The fourth-order valence-electron chi connectivity index (χ4n) is 3.54. The van der Waals surface area contributed by atoms with Crippen molar-refractivity contribution in [2.24, 2.45) is 0 Å². The van der Waals surface area contributed by atoms with Crippen molar-refractivity contribution in [3.8, 4) is 5.19 Å². The molecule has 1 amide bonds. The topological polar surface area (TPSA) is 76.6 Å². The van der Waals surface area contributed by atoms with Crippen LogP contribution in [0.5, 0.6) is 5.19 Å². The second-order valence-electron chi connectivity index (χ2n) is 7.67. The molecule has 6 nitrogen and oxygen atoms in total. The number of hydrogen-bond acceptors (Lipinski definition) is 6. The van der Waals surface area contributed by atoms with Crippen LogP contribution >= 0.6 is 11.3 Å². The second-order valence-corrected chi connectivity index (χ2v) is 10.8. The van der Waals surface area contributed by atoms with Crippen molar-refractivity contribution in [3.05, 3.63) is 53.8 Å². The van der Waals surface area contributed by atoms with E-state index in [0.29, 0.717) is 36.6 Å². The van der Waals surface area contributed by atoms with E-state index in [9.17, 15) is 17.6 Å². The number of likely N-dealkylation sites (tertiary alicyclic amines) is 1. The predicted molar refractivity (Wildman–Crippen MR) is 118 cm³/mol. The molecule has 1 aliphatic heterocycles. The van der Waals surface area contributed by atoms with E-state index < -0.39 is 9.84 Å². The molecule has 0 spiro atoms. The van der Waals surface area contributed by atoms with Crippen molar-refractivity contribution < 1.29 is 22.3 Å². The van der Waals surface area contributed by atoms with Gasteiger partial charge >= 0.3 is 0 Å². The zero-order valence-electron chi connectivity index (χ0n) is 17.1. The summed E-state index contributed by atoms with van der Waals surface area (Å²) in [5.74, 6) is -0.670. The Balaban J connectivity index is 1.27. The first-order chi connectivity index (χ1) is 14.8. The van der Waals surface area contributed by atoms with Gasteiger partial charge in [-0.15, -0.1) is 0 Å². The molecule has 1 aliphatic rings. The van der Waals surface area contributed by atoms with Gasteiger partial charge in [-0.1, -0.05) is 29.0 Å². The van der Waals surface area contributed by atoms with Crippen molar-refractivity contribution in [1.82, 2.24) is 9.88 Å². The van der Waals surface area contributed by atoms with Gasteiger partial charge in [0.1, 0.15) is 11.9 Å². The molecule has 0 radical (unpaired) electrons. The number of rotatable bonds is 6. The molecule has 0 aliphatic carbocycles. The molecular weight excluding hydrogens is 439 g/mol. The average molecular weight is 463 g/mol. The monoisotopic (exact) mass is 462 g/mol. The molecule has 1 fully saturated rings. The van der Waals surface area contributed by atoms with Gasteiger partial charge in [-0.25, -0.2) is 17.8 Å². The third-order valence-corrected chi connectivity index (χ3v) is 8.00. The molecule has 4 rings (SSSR count). The van der Waals surface area contributed by atoms with Crippen LogP contribution in [0.15, 0.2) is 47.4 Å². The van der Waals surface area contributed by atoms with Gasteiger partial charge in [0.2, 0.25) is 5.91 Å². The number of ether oxygens (including phenoxy) is 1. The maximum absolute atomic E-state index is 13.3. The van der Waals surface area contributed by atoms with Crippen LogP contribution in [0, 0.1) is 12.7 Å². The lowest BCUT2D eigenvalue weighted by Gasteiger charge is -2.31. The lowest BCUT2D eigenvalue weighted by molar-refractivity contribution is -0.132. The maximum Gasteiger partial charge on any atom is 0.274 e. The van der Waals surface area contributed by atoms with E-state index in [4.69, 9.17) is 4.74 Å². The molecule has 3 aromatic rings. The van der Waals surface area contributed by atoms with E-state index in [-0.39, 0.29) is 34.9 Å². The Hall–Kier alpha value is -2.52. The van der Waals surface area contributed by atoms with E-state index in [1.807, 2.05) is 6.92 Å². The van der Waals surface area contributed by atoms with Crippen LogP contribution < -0.4 is 4.74 Å². The SMILES string of the molecule is Cc1ccc(S(=O)(=O)CCC(=O)N2CCC(Oc3nc4ccc(F)cc4s3)CC2)cc1. The van der Waals surface area contributed by atoms with E-state index in [2.05, 4.69) is 4.98 Å². The number of aryl methyl sites for hydroxylation is 1. The Morgan fingerprint density at radius 3 is 2.61 bits per heavy atom. The van der Waals surface area contributed by atoms with Gasteiger partial charge in [0, 0.05) is 32.4 Å². The number of carbonyl (C=O) groups is 1. The Labute approximate surface area is 184 Å². The molecule has 0 saturated carbocycles. The highest BCUT2D eigenvalue weighted by molar-refractivity contribution is 7.91. The van der Waals surface area contributed by atoms with Gasteiger partial charge in [-0.2, -0.15) is 0 Å². The summed E-state index contributed by atoms with van der Waals surface area (Å²) >= 11 is 1.30. The summed E-state index contributed by atoms with van der Waals surface area (Å²) in [4.78, 5) is 18.8. The highest BCUT2D eigenvalue weighted by Gasteiger charge is 2.26. The first kappa shape index (κ1) is 21.7. The van der Waals surface area contributed by atoms with Gasteiger partial charge < -0.3 is 9.64 Å². The molecule has 1 aromatic heterocycles. The number of nitrogens with zero attached hydrogens (tertiary/aromatic N) is 2. The minimum absolute atomic E-state index is 0.0365. The van der Waals surface area contributed by atoms with Crippen LogP contribution in [-0.2, 0) is 14.6 Å². The third kappa shape index (κ3) is 5.22. The molecule has 0 atom stereocenters. The van der Waals surface area contributed by atoms with Gasteiger partial charge in [0.15, 0.2) is 9.84 Å². The summed E-state index contributed by atoms with van der Waals surface area (Å²) < 4.78 is 44.9. The molecule has 2 heterocycles. The normalized spacial score (nSPS) is 15.4. The molecule has 2 aromatic carbocycles. The fourth-order valence-corrected chi connectivity index (χ4v) is 5.67. The number of sulfone groups is 1. The van der Waals surface area contributed by atoms with Gasteiger partial charge in [-0.3, -0.25) is 4.79 Å². The molecule has 31 heavy (non-hydrogen) atoms. The van der Waals surface area contributed by atoms with Crippen LogP contribution in [0.25, 0.3) is 10.2 Å². The van der Waals surface area contributed by atoms with Crippen molar-refractivity contribution in [1.29, 1.82) is 0 Å². The average Bonchev–Trinajstić information content (AvgIpc) is 3.14. The van der Waals surface area contributed by atoms with E-state index in [1.54, 1.807) is 35.2 Å². The number of halogens is 1. The van der Waals surface area contributed by atoms with Crippen LogP contribution in [0.3, 0.4) is 0 Å². The Kier molecular flexibility index (Phi) is 6.24. The van der Waals surface area contributed by atoms with Crippen LogP contribution in [0.2, 0.25) is 0 Å². The number of hydrogen-bond donors (Lipinski definition) is 0. The Morgan fingerprint density at radius 1 is 1.19 bits per heavy atom. The zero-order chi connectivity index (χ0) is 22.0. The lowest BCUT2D eigenvalue weighted by atomic mass is 10.1. The molecular formula is C22H23FN2O4S2. The standard InChI is InChI=1S/C22H23FN2O4S2/c1-15-2-5-18(6-3-15)31(27,28)13-10-21(26)25-11-8-17(9-12-25)29-22-24-19-7-4-16(23)14-20(19)30-22/h2-7,14,17H,8-13H2,1H3. The van der Waals surface area contributed by atoms with E-state index in [0.717, 1.165) is 10.3 Å². The number of amides is 1. The van der Waals surface area contributed by atoms with E-state index >= 15 is 0 Å². The number of aromatic nitrogens is 1. The molecule has 0 bridgehead atoms. The minimum Gasteiger partial charge on any atom is -0.467 e. The Morgan fingerprint density at radius 2 is 1.90 bits per heavy atom. The number of thiazole rings is 1. The smallest absolute Gasteiger partial charge is 0.274 e. The van der Waals surface area contributed by atoms with Crippen molar-refractivity contribution in [3.63, 3.8) is 0 Å². The molecule has 0 N–H and O–H groups in total. The molecule has 1 saturated heterocycles. The van der Waals surface area contributed by atoms with Crippen molar-refractivity contribution >= 4 is 37.3 Å². The lowest BCUT2D eigenvalue weighted by Crippen LogP contribution is -2.42. The minimum atomic E-state index is -3.48. The molecule has 9 heteroatoms. The summed E-state index contributed by atoms with van der Waals surface area (Å²) in [7, 11) is -3.48. The predicted octanol–water partition coefficient (Wildman–Crippen LogP) is 3.98. The summed E-state index contributed by atoms with van der Waals surface area (Å²) in [6.07, 6.45) is 1.16. The number of carbonyl (C=O) groups excluding carboxylic acids is 1. The Bertz CT molecular complexity index is 1180. The summed E-state index contributed by atoms with van der Waals surface area (Å²) in [6.45, 7) is 2.91. The van der Waals surface area contributed by atoms with Gasteiger partial charge in [0.25, 0.3) is 5.19 Å². The quantitative estimate of drug-likeness (QED) is 0.554. The van der Waals surface area contributed by atoms with Crippen LogP contribution in [-0.4, -0.2) is 49.2 Å². The second kappa shape index (κ2) is 8.92. The highest BCUT2D eigenvalue weighted by Crippen LogP contribution is 2.30. The molecule has 0 unspecified atom stereocenters. The third-order valence-electron chi connectivity index (χ3n) is 5.36. The van der Waals surface area contributed by atoms with Crippen LogP contribution in [0.4, 0.5) is 4.39 Å². The van der Waals surface area contributed by atoms with Crippen molar-refractivity contribution in [2.45, 2.75) is 37.2 Å². The van der Waals surface area contributed by atoms with Gasteiger partial charge in [-0.05, 0) is 37.3 Å². The maximum atomic E-state index is 13.3. The number of piperidine rings is 1. The summed E-state index contributed by atoms with van der Waals surface area (Å²) in [5, 5.41) is 0.495. The first-order valence-corrected chi connectivity index (χ1v) is 12.6. The van der Waals surface area contributed by atoms with E-state index in [1.165, 1.54) is 23.5 Å². The fraction of sp³-hybridized carbons (Fsp3) is 0.364. The molecule has 164 valence electrons. The number of fused-ring (bicyclic) bond motifs is 1. The highest BCUT2D eigenvalue weighted by atomic mass is 32.2. The zero-order valence-corrected chi connectivity index (χ0v) is 18.7. The summed E-state index contributed by atoms with van der Waals surface area (Å²) in [5.41, 5.74) is 1.68. The largest absolute Gasteiger partial charge is 0.467 e. The van der Waals surface area contributed by atoms with Gasteiger partial charge in [0.05, 0.1) is 20.9 Å². The van der Waals surface area contributed by atoms with Crippen LogP contribution in [0.1, 0.15) is 24.8 Å².